The van der Waals surface area contributed by atoms with Crippen LogP contribution in [0.2, 0.25) is 0 Å². The van der Waals surface area contributed by atoms with Crippen molar-refractivity contribution in [3.05, 3.63) is 100 Å². The molecule has 1 amide bonds. The molecule has 150 valence electrons. The van der Waals surface area contributed by atoms with E-state index in [2.05, 4.69) is 26.5 Å². The number of carbonyl (C=O) groups excluding carboxylic acids is 1. The molecule has 7 heteroatoms. The lowest BCUT2D eigenvalue weighted by Gasteiger charge is -2.12. The Labute approximate surface area is 180 Å². The van der Waals surface area contributed by atoms with Gasteiger partial charge in [0.15, 0.2) is 10.4 Å². The first-order valence-corrected chi connectivity index (χ1v) is 9.87. The van der Waals surface area contributed by atoms with Gasteiger partial charge in [0.2, 0.25) is 0 Å². The number of carbonyl (C=O) groups is 1. The van der Waals surface area contributed by atoms with Crippen LogP contribution in [0.1, 0.15) is 21.7 Å². The van der Waals surface area contributed by atoms with Crippen molar-refractivity contribution < 1.29 is 18.3 Å². The lowest BCUT2D eigenvalue weighted by Crippen LogP contribution is -2.16. The molecule has 4 rings (SSSR count). The maximum atomic E-state index is 13.1. The first-order valence-electron chi connectivity index (χ1n) is 9.08. The second-order valence-electron chi connectivity index (χ2n) is 6.42. The average Bonchev–Trinajstić information content (AvgIpc) is 3.20. The smallest absolute Gasteiger partial charge is 0.307 e. The Balaban J connectivity index is 1.58. The SMILES string of the molecule is O=C(N/N=C/c1c(OCc2ccc(F)cc2)ccc2ccccc12)c1ccc(Br)o1. The highest BCUT2D eigenvalue weighted by atomic mass is 79.9. The second kappa shape index (κ2) is 8.92. The zero-order valence-corrected chi connectivity index (χ0v) is 17.2. The van der Waals surface area contributed by atoms with Crippen LogP contribution in [0.15, 0.2) is 87.0 Å². The van der Waals surface area contributed by atoms with Gasteiger partial charge in [-0.1, -0.05) is 42.5 Å². The van der Waals surface area contributed by atoms with E-state index < -0.39 is 5.91 Å². The molecule has 0 spiro atoms. The van der Waals surface area contributed by atoms with E-state index in [0.29, 0.717) is 10.4 Å². The maximum Gasteiger partial charge on any atom is 0.307 e. The summed E-state index contributed by atoms with van der Waals surface area (Å²) in [6, 6.07) is 20.9. The molecule has 5 nitrogen and oxygen atoms in total. The third kappa shape index (κ3) is 4.58. The molecule has 0 fully saturated rings. The largest absolute Gasteiger partial charge is 0.488 e. The molecule has 30 heavy (non-hydrogen) atoms. The van der Waals surface area contributed by atoms with Gasteiger partial charge in [-0.3, -0.25) is 4.79 Å². The summed E-state index contributed by atoms with van der Waals surface area (Å²) in [5.74, 6) is -0.0240. The summed E-state index contributed by atoms with van der Waals surface area (Å²) in [6.45, 7) is 0.270. The fourth-order valence-electron chi connectivity index (χ4n) is 2.92. The van der Waals surface area contributed by atoms with Gasteiger partial charge in [-0.05, 0) is 62.6 Å². The van der Waals surface area contributed by atoms with Crippen molar-refractivity contribution >= 4 is 38.8 Å². The number of benzene rings is 3. The number of rotatable bonds is 6. The van der Waals surface area contributed by atoms with Crippen LogP contribution in [-0.2, 0) is 6.61 Å². The molecule has 0 bridgehead atoms. The van der Waals surface area contributed by atoms with Gasteiger partial charge < -0.3 is 9.15 Å². The summed E-state index contributed by atoms with van der Waals surface area (Å²) in [4.78, 5) is 12.1. The van der Waals surface area contributed by atoms with Crippen molar-refractivity contribution in [3.63, 3.8) is 0 Å². The summed E-state index contributed by atoms with van der Waals surface area (Å²) >= 11 is 3.16. The zero-order valence-electron chi connectivity index (χ0n) is 15.6. The molecule has 0 saturated carbocycles. The van der Waals surface area contributed by atoms with Gasteiger partial charge in [0, 0.05) is 5.56 Å². The van der Waals surface area contributed by atoms with Crippen molar-refractivity contribution in [2.75, 3.05) is 0 Å². The minimum Gasteiger partial charge on any atom is -0.488 e. The number of nitrogens with one attached hydrogen (secondary N) is 1. The Morgan fingerprint density at radius 1 is 1.07 bits per heavy atom. The zero-order chi connectivity index (χ0) is 20.9. The number of nitrogens with zero attached hydrogens (tertiary/aromatic N) is 1. The van der Waals surface area contributed by atoms with Crippen LogP contribution in [0.25, 0.3) is 10.8 Å². The summed E-state index contributed by atoms with van der Waals surface area (Å²) in [5.41, 5.74) is 4.01. The first kappa shape index (κ1) is 19.8. The van der Waals surface area contributed by atoms with Crippen molar-refractivity contribution in [3.8, 4) is 5.75 Å². The van der Waals surface area contributed by atoms with E-state index in [1.54, 1.807) is 24.3 Å². The van der Waals surface area contributed by atoms with E-state index in [4.69, 9.17) is 9.15 Å². The van der Waals surface area contributed by atoms with Gasteiger partial charge in [-0.25, -0.2) is 9.82 Å². The molecular weight excluding hydrogens is 451 g/mol. The number of hydrogen-bond donors (Lipinski definition) is 1. The molecule has 0 aliphatic heterocycles. The van der Waals surface area contributed by atoms with E-state index in [1.165, 1.54) is 18.3 Å². The van der Waals surface area contributed by atoms with E-state index in [9.17, 15) is 9.18 Å². The summed E-state index contributed by atoms with van der Waals surface area (Å²) < 4.78 is 24.8. The molecule has 4 aromatic rings. The molecule has 1 aromatic heterocycles. The van der Waals surface area contributed by atoms with Gasteiger partial charge >= 0.3 is 5.91 Å². The third-order valence-corrected chi connectivity index (χ3v) is 4.82. The minimum atomic E-state index is -0.467. The number of ether oxygens (including phenoxy) is 1. The lowest BCUT2D eigenvalue weighted by molar-refractivity contribution is 0.0926. The van der Waals surface area contributed by atoms with Crippen LogP contribution in [0.4, 0.5) is 4.39 Å². The van der Waals surface area contributed by atoms with Crippen LogP contribution < -0.4 is 10.2 Å². The molecule has 0 aliphatic rings. The molecule has 3 aromatic carbocycles. The van der Waals surface area contributed by atoms with Crippen LogP contribution in [0.3, 0.4) is 0 Å². The molecular formula is C23H16BrFN2O3. The van der Waals surface area contributed by atoms with Gasteiger partial charge in [-0.15, -0.1) is 0 Å². The summed E-state index contributed by atoms with van der Waals surface area (Å²) in [5, 5.41) is 6.01. The van der Waals surface area contributed by atoms with Gasteiger partial charge in [0.05, 0.1) is 6.21 Å². The number of halogens is 2. The molecule has 0 unspecified atom stereocenters. The number of hydrazone groups is 1. The van der Waals surface area contributed by atoms with Gasteiger partial charge in [0.1, 0.15) is 18.2 Å². The predicted molar refractivity (Wildman–Crippen MR) is 116 cm³/mol. The Morgan fingerprint density at radius 3 is 2.63 bits per heavy atom. The summed E-state index contributed by atoms with van der Waals surface area (Å²) in [7, 11) is 0. The average molecular weight is 467 g/mol. The highest BCUT2D eigenvalue weighted by Gasteiger charge is 2.11. The van der Waals surface area contributed by atoms with Crippen LogP contribution in [0, 0.1) is 5.82 Å². The van der Waals surface area contributed by atoms with Gasteiger partial charge in [0.25, 0.3) is 0 Å². The number of hydrogen-bond acceptors (Lipinski definition) is 4. The Bertz CT molecular complexity index is 1220. The Kier molecular flexibility index (Phi) is 5.90. The van der Waals surface area contributed by atoms with E-state index in [-0.39, 0.29) is 18.2 Å². The molecule has 0 saturated heterocycles. The summed E-state index contributed by atoms with van der Waals surface area (Å²) in [6.07, 6.45) is 1.54. The first-order chi connectivity index (χ1) is 14.6. The number of furan rings is 1. The molecule has 1 N–H and O–H groups in total. The van der Waals surface area contributed by atoms with E-state index >= 15 is 0 Å². The van der Waals surface area contributed by atoms with Crippen molar-refractivity contribution in [1.29, 1.82) is 0 Å². The standard InChI is InChI=1S/C23H16BrFN2O3/c24-22-12-11-21(30-22)23(28)27-26-13-19-18-4-2-1-3-16(18)7-10-20(19)29-14-15-5-8-17(25)9-6-15/h1-13H,14H2,(H,27,28)/b26-13+. The van der Waals surface area contributed by atoms with E-state index in [0.717, 1.165) is 21.9 Å². The molecule has 0 radical (unpaired) electrons. The van der Waals surface area contributed by atoms with Crippen LogP contribution >= 0.6 is 15.9 Å². The van der Waals surface area contributed by atoms with Crippen molar-refractivity contribution in [2.45, 2.75) is 6.61 Å². The third-order valence-electron chi connectivity index (χ3n) is 4.40. The topological polar surface area (TPSA) is 63.8 Å². The highest BCUT2D eigenvalue weighted by molar-refractivity contribution is 9.10. The van der Waals surface area contributed by atoms with Crippen LogP contribution in [-0.4, -0.2) is 12.1 Å². The second-order valence-corrected chi connectivity index (χ2v) is 7.20. The molecule has 0 atom stereocenters. The number of fused-ring (bicyclic) bond motifs is 1. The Hall–Kier alpha value is -3.45. The fraction of sp³-hybridized carbons (Fsp3) is 0.0435. The molecule has 0 aliphatic carbocycles. The fourth-order valence-corrected chi connectivity index (χ4v) is 3.23. The lowest BCUT2D eigenvalue weighted by atomic mass is 10.0. The highest BCUT2D eigenvalue weighted by Crippen LogP contribution is 2.27. The monoisotopic (exact) mass is 466 g/mol. The predicted octanol–water partition coefficient (Wildman–Crippen LogP) is 5.68. The van der Waals surface area contributed by atoms with Crippen molar-refractivity contribution in [1.82, 2.24) is 5.43 Å². The van der Waals surface area contributed by atoms with Gasteiger partial charge in [-0.2, -0.15) is 5.10 Å². The quantitative estimate of drug-likeness (QED) is 0.293. The number of amides is 1. The minimum absolute atomic E-state index is 0.143. The van der Waals surface area contributed by atoms with E-state index in [1.807, 2.05) is 36.4 Å². The Morgan fingerprint density at radius 2 is 1.87 bits per heavy atom. The van der Waals surface area contributed by atoms with Crippen LogP contribution in [0.5, 0.6) is 5.75 Å². The molecule has 1 heterocycles. The van der Waals surface area contributed by atoms with Crippen molar-refractivity contribution in [2.24, 2.45) is 5.10 Å². The maximum absolute atomic E-state index is 13.1. The normalized spacial score (nSPS) is 11.1.